The molecule has 0 aliphatic carbocycles. The minimum Gasteiger partial charge on any atom is -0.294 e. The number of hydrogen-bond acceptors (Lipinski definition) is 3. The van der Waals surface area contributed by atoms with Crippen LogP contribution in [0.1, 0.15) is 48.9 Å². The van der Waals surface area contributed by atoms with E-state index in [-0.39, 0.29) is 11.9 Å². The van der Waals surface area contributed by atoms with E-state index in [4.69, 9.17) is 16.7 Å². The molecule has 0 N–H and O–H groups in total. The quantitative estimate of drug-likeness (QED) is 0.707. The van der Waals surface area contributed by atoms with Crippen LogP contribution in [0.15, 0.2) is 53.6 Å². The van der Waals surface area contributed by atoms with Crippen LogP contribution in [-0.4, -0.2) is 41.2 Å². The van der Waals surface area contributed by atoms with Crippen molar-refractivity contribution >= 4 is 23.2 Å². The molecule has 4 nitrogen and oxygen atoms in total. The summed E-state index contributed by atoms with van der Waals surface area (Å²) >= 11 is 6.50. The molecule has 0 unspecified atom stereocenters. The van der Waals surface area contributed by atoms with E-state index in [2.05, 4.69) is 43.0 Å². The van der Waals surface area contributed by atoms with Crippen molar-refractivity contribution in [3.05, 3.63) is 70.2 Å². The third kappa shape index (κ3) is 4.54. The summed E-state index contributed by atoms with van der Waals surface area (Å²) in [4.78, 5) is 15.5. The molecule has 5 heteroatoms. The topological polar surface area (TPSA) is 35.9 Å². The fraction of sp³-hybridized carbons (Fsp3) is 0.417. The predicted octanol–water partition coefficient (Wildman–Crippen LogP) is 5.06. The number of hydrogen-bond donors (Lipinski definition) is 0. The van der Waals surface area contributed by atoms with Gasteiger partial charge in [0.1, 0.15) is 0 Å². The van der Waals surface area contributed by atoms with Gasteiger partial charge in [0.05, 0.1) is 18.3 Å². The minimum absolute atomic E-state index is 0.0478. The summed E-state index contributed by atoms with van der Waals surface area (Å²) in [6.07, 6.45) is 2.98. The maximum absolute atomic E-state index is 13.3. The van der Waals surface area contributed by atoms with Crippen LogP contribution >= 0.6 is 11.6 Å². The van der Waals surface area contributed by atoms with Gasteiger partial charge in [0.25, 0.3) is 5.91 Å². The highest BCUT2D eigenvalue weighted by atomic mass is 35.5. The van der Waals surface area contributed by atoms with Crippen LogP contribution in [0.5, 0.6) is 0 Å². The molecule has 2 aromatic rings. The van der Waals surface area contributed by atoms with Gasteiger partial charge in [-0.25, -0.2) is 5.01 Å². The fourth-order valence-electron chi connectivity index (χ4n) is 4.13. The summed E-state index contributed by atoms with van der Waals surface area (Å²) < 4.78 is 0. The first-order valence-corrected chi connectivity index (χ1v) is 10.8. The van der Waals surface area contributed by atoms with Crippen molar-refractivity contribution in [3.8, 4) is 0 Å². The second-order valence-electron chi connectivity index (χ2n) is 8.35. The Hall–Kier alpha value is -2.17. The Bertz CT molecular complexity index is 901. The summed E-state index contributed by atoms with van der Waals surface area (Å²) in [5.41, 5.74) is 4.17. The number of benzene rings is 2. The summed E-state index contributed by atoms with van der Waals surface area (Å²) in [5, 5.41) is 7.14. The normalized spacial score (nSPS) is 20.7. The Labute approximate surface area is 178 Å². The third-order valence-electron chi connectivity index (χ3n) is 6.05. The lowest BCUT2D eigenvalue weighted by Gasteiger charge is -2.31. The number of amides is 1. The van der Waals surface area contributed by atoms with Gasteiger partial charge >= 0.3 is 0 Å². The largest absolute Gasteiger partial charge is 0.294 e. The Morgan fingerprint density at radius 1 is 1.10 bits per heavy atom. The van der Waals surface area contributed by atoms with Gasteiger partial charge in [-0.05, 0) is 56.0 Å². The first kappa shape index (κ1) is 20.1. The van der Waals surface area contributed by atoms with Crippen LogP contribution in [0.2, 0.25) is 5.02 Å². The van der Waals surface area contributed by atoms with Gasteiger partial charge in [-0.3, -0.25) is 9.69 Å². The Morgan fingerprint density at radius 2 is 1.79 bits per heavy atom. The lowest BCUT2D eigenvalue weighted by molar-refractivity contribution is -0.134. The summed E-state index contributed by atoms with van der Waals surface area (Å²) in [5.74, 6) is 0.793. The molecule has 1 atom stereocenters. The van der Waals surface area contributed by atoms with E-state index in [0.717, 1.165) is 48.7 Å². The van der Waals surface area contributed by atoms with Crippen LogP contribution in [0, 0.1) is 12.8 Å². The second kappa shape index (κ2) is 8.68. The molecule has 2 aliphatic rings. The van der Waals surface area contributed by atoms with E-state index in [9.17, 15) is 4.79 Å². The van der Waals surface area contributed by atoms with Crippen molar-refractivity contribution in [1.82, 2.24) is 9.91 Å². The Kier molecular flexibility index (Phi) is 6.02. The van der Waals surface area contributed by atoms with Gasteiger partial charge in [-0.15, -0.1) is 0 Å². The fourth-order valence-corrected chi connectivity index (χ4v) is 4.39. The highest BCUT2D eigenvalue weighted by Gasteiger charge is 2.35. The number of nitrogens with zero attached hydrogens (tertiary/aromatic N) is 3. The van der Waals surface area contributed by atoms with Gasteiger partial charge < -0.3 is 0 Å². The van der Waals surface area contributed by atoms with Crippen LogP contribution < -0.4 is 0 Å². The summed E-state index contributed by atoms with van der Waals surface area (Å²) in [7, 11) is 0. The standard InChI is InChI=1S/C24H28ClN3O/c1-17-7-9-19(10-8-17)22-15-23(20-5-3-4-6-21(20)25)28(26-22)24(29)16-27-13-11-18(2)12-14-27/h3-10,18,23H,11-16H2,1-2H3/t23-/m0/s1. The van der Waals surface area contributed by atoms with Crippen LogP contribution in [0.4, 0.5) is 0 Å². The zero-order valence-corrected chi connectivity index (χ0v) is 17.9. The number of carbonyl (C=O) groups excluding carboxylic acids is 1. The van der Waals surface area contributed by atoms with Crippen molar-refractivity contribution < 1.29 is 4.79 Å². The van der Waals surface area contributed by atoms with E-state index in [1.165, 1.54) is 5.56 Å². The average molecular weight is 410 g/mol. The number of likely N-dealkylation sites (tertiary alicyclic amines) is 1. The van der Waals surface area contributed by atoms with E-state index < -0.39 is 0 Å². The Morgan fingerprint density at radius 3 is 2.48 bits per heavy atom. The molecule has 1 fully saturated rings. The second-order valence-corrected chi connectivity index (χ2v) is 8.76. The summed E-state index contributed by atoms with van der Waals surface area (Å²) in [6, 6.07) is 16.0. The molecule has 1 saturated heterocycles. The lowest BCUT2D eigenvalue weighted by atomic mass is 9.97. The van der Waals surface area contributed by atoms with Gasteiger partial charge in [-0.2, -0.15) is 5.10 Å². The molecule has 29 heavy (non-hydrogen) atoms. The maximum Gasteiger partial charge on any atom is 0.257 e. The maximum atomic E-state index is 13.3. The monoisotopic (exact) mass is 409 g/mol. The molecule has 0 spiro atoms. The van der Waals surface area contributed by atoms with Crippen molar-refractivity contribution in [3.63, 3.8) is 0 Å². The molecular formula is C24H28ClN3O. The van der Waals surface area contributed by atoms with Crippen LogP contribution in [0.3, 0.4) is 0 Å². The molecule has 0 aromatic heterocycles. The molecular weight excluding hydrogens is 382 g/mol. The average Bonchev–Trinajstić information content (AvgIpc) is 3.16. The highest BCUT2D eigenvalue weighted by Crippen LogP contribution is 2.36. The first-order valence-electron chi connectivity index (χ1n) is 10.4. The SMILES string of the molecule is Cc1ccc(C2=NN(C(=O)CN3CCC(C)CC3)[C@H](c3ccccc3Cl)C2)cc1. The zero-order valence-electron chi connectivity index (χ0n) is 17.1. The van der Waals surface area contributed by atoms with E-state index in [1.54, 1.807) is 5.01 Å². The predicted molar refractivity (Wildman–Crippen MR) is 118 cm³/mol. The van der Waals surface area contributed by atoms with E-state index in [0.29, 0.717) is 18.0 Å². The summed E-state index contributed by atoms with van der Waals surface area (Å²) in [6.45, 7) is 6.73. The molecule has 0 saturated carbocycles. The highest BCUT2D eigenvalue weighted by molar-refractivity contribution is 6.31. The molecule has 2 aromatic carbocycles. The number of carbonyl (C=O) groups is 1. The Balaban J connectivity index is 1.59. The van der Waals surface area contributed by atoms with Crippen molar-refractivity contribution in [2.45, 2.75) is 39.2 Å². The third-order valence-corrected chi connectivity index (χ3v) is 6.39. The zero-order chi connectivity index (χ0) is 20.4. The van der Waals surface area contributed by atoms with Gasteiger partial charge in [0.15, 0.2) is 0 Å². The van der Waals surface area contributed by atoms with E-state index in [1.807, 2.05) is 24.3 Å². The van der Waals surface area contributed by atoms with Crippen molar-refractivity contribution in [2.24, 2.45) is 11.0 Å². The smallest absolute Gasteiger partial charge is 0.257 e. The number of hydrazone groups is 1. The van der Waals surface area contributed by atoms with Crippen molar-refractivity contribution in [2.75, 3.05) is 19.6 Å². The molecule has 1 amide bonds. The molecule has 0 radical (unpaired) electrons. The van der Waals surface area contributed by atoms with Gasteiger partial charge in [0.2, 0.25) is 0 Å². The number of piperidine rings is 1. The number of rotatable bonds is 4. The van der Waals surface area contributed by atoms with Crippen LogP contribution in [0.25, 0.3) is 0 Å². The van der Waals surface area contributed by atoms with Crippen LogP contribution in [-0.2, 0) is 4.79 Å². The lowest BCUT2D eigenvalue weighted by Crippen LogP contribution is -2.41. The van der Waals surface area contributed by atoms with Crippen molar-refractivity contribution in [1.29, 1.82) is 0 Å². The van der Waals surface area contributed by atoms with Gasteiger partial charge in [-0.1, -0.05) is 66.6 Å². The molecule has 2 heterocycles. The van der Waals surface area contributed by atoms with Gasteiger partial charge in [0, 0.05) is 11.4 Å². The molecule has 4 rings (SSSR count). The molecule has 2 aliphatic heterocycles. The first-order chi connectivity index (χ1) is 14.0. The number of halogens is 1. The molecule has 0 bridgehead atoms. The molecule has 152 valence electrons. The minimum atomic E-state index is -0.156. The van der Waals surface area contributed by atoms with E-state index >= 15 is 0 Å². The number of aryl methyl sites for hydroxylation is 1.